The van der Waals surface area contributed by atoms with Crippen molar-refractivity contribution in [2.75, 3.05) is 13.7 Å². The molecule has 1 aliphatic carbocycles. The van der Waals surface area contributed by atoms with E-state index >= 15 is 0 Å². The summed E-state index contributed by atoms with van der Waals surface area (Å²) in [5.41, 5.74) is 3.34. The van der Waals surface area contributed by atoms with E-state index in [4.69, 9.17) is 4.74 Å². The summed E-state index contributed by atoms with van der Waals surface area (Å²) in [6.07, 6.45) is 4.98. The highest BCUT2D eigenvalue weighted by Crippen LogP contribution is 2.26. The van der Waals surface area contributed by atoms with E-state index < -0.39 is 0 Å². The zero-order valence-electron chi connectivity index (χ0n) is 14.7. The summed E-state index contributed by atoms with van der Waals surface area (Å²) in [5, 5.41) is 7.53. The standard InChI is InChI=1S/C19H24FN3O2/c1-13(12-25-2)21-19(24)18-16-6-4-3-5-7-17(16)23(22-18)15-10-8-14(20)9-11-15/h8-11,13H,3-7,12H2,1-2H3,(H,21,24). The van der Waals surface area contributed by atoms with Crippen molar-refractivity contribution in [3.05, 3.63) is 47.0 Å². The van der Waals surface area contributed by atoms with Crippen LogP contribution in [0.1, 0.15) is 47.9 Å². The van der Waals surface area contributed by atoms with Gasteiger partial charge in [-0.25, -0.2) is 9.07 Å². The summed E-state index contributed by atoms with van der Waals surface area (Å²) in [4.78, 5) is 12.7. The van der Waals surface area contributed by atoms with E-state index in [2.05, 4.69) is 10.4 Å². The van der Waals surface area contributed by atoms with Crippen LogP contribution in [0.25, 0.3) is 5.69 Å². The van der Waals surface area contributed by atoms with Gasteiger partial charge in [0.05, 0.1) is 12.3 Å². The van der Waals surface area contributed by atoms with Crippen LogP contribution in [0.5, 0.6) is 0 Å². The van der Waals surface area contributed by atoms with E-state index in [1.54, 1.807) is 23.9 Å². The molecule has 2 aromatic rings. The minimum atomic E-state index is -0.284. The quantitative estimate of drug-likeness (QED) is 0.848. The molecule has 0 spiro atoms. The lowest BCUT2D eigenvalue weighted by Gasteiger charge is -2.12. The number of aromatic nitrogens is 2. The second kappa shape index (κ2) is 7.78. The van der Waals surface area contributed by atoms with Gasteiger partial charge in [-0.15, -0.1) is 0 Å². The molecule has 134 valence electrons. The van der Waals surface area contributed by atoms with Gasteiger partial charge < -0.3 is 10.1 Å². The van der Waals surface area contributed by atoms with E-state index in [0.29, 0.717) is 12.3 Å². The van der Waals surface area contributed by atoms with Crippen LogP contribution in [0.4, 0.5) is 4.39 Å². The molecule has 1 heterocycles. The maximum atomic E-state index is 13.3. The fraction of sp³-hybridized carbons (Fsp3) is 0.474. The molecule has 0 radical (unpaired) electrons. The molecule has 1 atom stereocenters. The number of ether oxygens (including phenoxy) is 1. The molecule has 0 saturated carbocycles. The first kappa shape index (κ1) is 17.6. The largest absolute Gasteiger partial charge is 0.383 e. The number of nitrogens with zero attached hydrogens (tertiary/aromatic N) is 2. The maximum absolute atomic E-state index is 13.3. The Kier molecular flexibility index (Phi) is 5.48. The minimum absolute atomic E-state index is 0.0881. The topological polar surface area (TPSA) is 56.1 Å². The molecule has 1 unspecified atom stereocenters. The average Bonchev–Trinajstić information content (AvgIpc) is 2.78. The van der Waals surface area contributed by atoms with Gasteiger partial charge in [0.25, 0.3) is 5.91 Å². The molecule has 0 fully saturated rings. The van der Waals surface area contributed by atoms with Crippen molar-refractivity contribution in [3.8, 4) is 5.69 Å². The summed E-state index contributed by atoms with van der Waals surface area (Å²) < 4.78 is 20.1. The molecule has 6 heteroatoms. The van der Waals surface area contributed by atoms with E-state index in [9.17, 15) is 9.18 Å². The van der Waals surface area contributed by atoms with E-state index in [-0.39, 0.29) is 17.8 Å². The first-order valence-corrected chi connectivity index (χ1v) is 8.76. The SMILES string of the molecule is COCC(C)NC(=O)c1nn(-c2ccc(F)cc2)c2c1CCCCC2. The number of hydrogen-bond acceptors (Lipinski definition) is 3. The Morgan fingerprint density at radius 3 is 2.72 bits per heavy atom. The monoisotopic (exact) mass is 345 g/mol. The molecule has 0 saturated heterocycles. The van der Waals surface area contributed by atoms with Gasteiger partial charge in [-0.1, -0.05) is 6.42 Å². The van der Waals surface area contributed by atoms with Gasteiger partial charge in [0.15, 0.2) is 5.69 Å². The van der Waals surface area contributed by atoms with Crippen molar-refractivity contribution in [1.82, 2.24) is 15.1 Å². The highest BCUT2D eigenvalue weighted by atomic mass is 19.1. The predicted octanol–water partition coefficient (Wildman–Crippen LogP) is 3.05. The number of benzene rings is 1. The van der Waals surface area contributed by atoms with Crippen LogP contribution in [-0.2, 0) is 17.6 Å². The molecule has 1 aromatic heterocycles. The van der Waals surface area contributed by atoms with Crippen LogP contribution >= 0.6 is 0 Å². The maximum Gasteiger partial charge on any atom is 0.272 e. The van der Waals surface area contributed by atoms with Crippen molar-refractivity contribution in [1.29, 1.82) is 0 Å². The molecule has 1 N–H and O–H groups in total. The lowest BCUT2D eigenvalue weighted by molar-refractivity contribution is 0.0899. The molecular weight excluding hydrogens is 321 g/mol. The van der Waals surface area contributed by atoms with E-state index in [1.807, 2.05) is 6.92 Å². The van der Waals surface area contributed by atoms with Gasteiger partial charge >= 0.3 is 0 Å². The molecule has 25 heavy (non-hydrogen) atoms. The van der Waals surface area contributed by atoms with Gasteiger partial charge in [-0.2, -0.15) is 5.10 Å². The van der Waals surface area contributed by atoms with Gasteiger partial charge in [-0.05, 0) is 56.9 Å². The summed E-state index contributed by atoms with van der Waals surface area (Å²) >= 11 is 0. The number of carbonyl (C=O) groups excluding carboxylic acids is 1. The number of hydrogen-bond donors (Lipinski definition) is 1. The third-order valence-corrected chi connectivity index (χ3v) is 4.51. The average molecular weight is 345 g/mol. The van der Waals surface area contributed by atoms with Crippen molar-refractivity contribution < 1.29 is 13.9 Å². The highest BCUT2D eigenvalue weighted by Gasteiger charge is 2.25. The Morgan fingerprint density at radius 1 is 1.28 bits per heavy atom. The summed E-state index contributed by atoms with van der Waals surface area (Å²) in [5.74, 6) is -0.461. The molecule has 0 bridgehead atoms. The Morgan fingerprint density at radius 2 is 2.00 bits per heavy atom. The summed E-state index contributed by atoms with van der Waals surface area (Å²) in [6, 6.07) is 6.14. The van der Waals surface area contributed by atoms with Crippen molar-refractivity contribution in [2.45, 2.75) is 45.1 Å². The number of rotatable bonds is 5. The highest BCUT2D eigenvalue weighted by molar-refractivity contribution is 5.94. The number of nitrogens with one attached hydrogen (secondary N) is 1. The van der Waals surface area contributed by atoms with Crippen molar-refractivity contribution in [2.24, 2.45) is 0 Å². The van der Waals surface area contributed by atoms with E-state index in [0.717, 1.165) is 49.0 Å². The van der Waals surface area contributed by atoms with E-state index in [1.165, 1.54) is 12.1 Å². The molecule has 1 aromatic carbocycles. The lowest BCUT2D eigenvalue weighted by Crippen LogP contribution is -2.36. The Labute approximate surface area is 147 Å². The van der Waals surface area contributed by atoms with Crippen LogP contribution in [0, 0.1) is 5.82 Å². The van der Waals surface area contributed by atoms with Crippen LogP contribution in [-0.4, -0.2) is 35.4 Å². The Hall–Kier alpha value is -2.21. The molecule has 3 rings (SSSR count). The van der Waals surface area contributed by atoms with Gasteiger partial charge in [0.2, 0.25) is 0 Å². The molecule has 5 nitrogen and oxygen atoms in total. The number of methoxy groups -OCH3 is 1. The van der Waals surface area contributed by atoms with Crippen LogP contribution in [0.15, 0.2) is 24.3 Å². The fourth-order valence-corrected chi connectivity index (χ4v) is 3.34. The minimum Gasteiger partial charge on any atom is -0.383 e. The third kappa shape index (κ3) is 3.90. The van der Waals surface area contributed by atoms with Gasteiger partial charge in [0, 0.05) is 24.4 Å². The fourth-order valence-electron chi connectivity index (χ4n) is 3.34. The van der Waals surface area contributed by atoms with Crippen LogP contribution < -0.4 is 5.32 Å². The number of carbonyl (C=O) groups is 1. The number of amides is 1. The first-order valence-electron chi connectivity index (χ1n) is 8.76. The van der Waals surface area contributed by atoms with Crippen molar-refractivity contribution in [3.63, 3.8) is 0 Å². The second-order valence-electron chi connectivity index (χ2n) is 6.55. The van der Waals surface area contributed by atoms with Crippen LogP contribution in [0.3, 0.4) is 0 Å². The van der Waals surface area contributed by atoms with Crippen molar-refractivity contribution >= 4 is 5.91 Å². The summed E-state index contributed by atoms with van der Waals surface area (Å²) in [7, 11) is 1.61. The number of fused-ring (bicyclic) bond motifs is 1. The molecule has 1 amide bonds. The molecule has 1 aliphatic rings. The molecular formula is C19H24FN3O2. The van der Waals surface area contributed by atoms with Crippen LogP contribution in [0.2, 0.25) is 0 Å². The first-order chi connectivity index (χ1) is 12.1. The Bertz CT molecular complexity index is 740. The lowest BCUT2D eigenvalue weighted by atomic mass is 10.1. The van der Waals surface area contributed by atoms with Gasteiger partial charge in [0.1, 0.15) is 5.82 Å². The zero-order valence-corrected chi connectivity index (χ0v) is 14.7. The normalized spacial score (nSPS) is 15.3. The second-order valence-corrected chi connectivity index (χ2v) is 6.55. The smallest absolute Gasteiger partial charge is 0.272 e. The number of halogens is 1. The third-order valence-electron chi connectivity index (χ3n) is 4.51. The predicted molar refractivity (Wildman–Crippen MR) is 93.6 cm³/mol. The van der Waals surface area contributed by atoms with Gasteiger partial charge in [-0.3, -0.25) is 4.79 Å². The summed E-state index contributed by atoms with van der Waals surface area (Å²) in [6.45, 7) is 2.35. The zero-order chi connectivity index (χ0) is 17.8. The Balaban J connectivity index is 1.98. The molecule has 0 aliphatic heterocycles.